The third-order valence-electron chi connectivity index (χ3n) is 4.97. The molecule has 0 aromatic heterocycles. The van der Waals surface area contributed by atoms with Crippen LogP contribution in [0, 0.1) is 6.92 Å². The van der Waals surface area contributed by atoms with Gasteiger partial charge in [0, 0.05) is 5.25 Å². The van der Waals surface area contributed by atoms with Gasteiger partial charge in [-0.15, -0.1) is 0 Å². The van der Waals surface area contributed by atoms with Crippen LogP contribution in [0.15, 0.2) is 64.5 Å². The Labute approximate surface area is 159 Å². The lowest BCUT2D eigenvalue weighted by atomic mass is 9.95. The Morgan fingerprint density at radius 2 is 1.69 bits per heavy atom. The molecule has 0 unspecified atom stereocenters. The second kappa shape index (κ2) is 7.08. The summed E-state index contributed by atoms with van der Waals surface area (Å²) in [6.45, 7) is 1.96. The molecule has 1 saturated carbocycles. The lowest BCUT2D eigenvalue weighted by Gasteiger charge is -2.30. The first kappa shape index (κ1) is 17.6. The molecule has 2 aromatic carbocycles. The largest absolute Gasteiger partial charge is 0.266 e. The maximum absolute atomic E-state index is 13.4. The summed E-state index contributed by atoms with van der Waals surface area (Å²) >= 11 is 1.62. The van der Waals surface area contributed by atoms with E-state index in [1.54, 1.807) is 28.2 Å². The fraction of sp³-hybridized carbons (Fsp3) is 0.350. The molecular weight excluding hydrogens is 364 g/mol. The second-order valence-corrected chi connectivity index (χ2v) is 9.87. The van der Waals surface area contributed by atoms with Crippen molar-refractivity contribution >= 4 is 32.6 Å². The molecule has 0 spiro atoms. The average molecular weight is 387 g/mol. The van der Waals surface area contributed by atoms with Gasteiger partial charge in [-0.05, 0) is 44.0 Å². The van der Waals surface area contributed by atoms with Crippen molar-refractivity contribution in [3.63, 3.8) is 0 Å². The summed E-state index contributed by atoms with van der Waals surface area (Å²) in [6, 6.07) is 16.7. The molecule has 0 radical (unpaired) electrons. The number of aryl methyl sites for hydroxylation is 1. The summed E-state index contributed by atoms with van der Waals surface area (Å²) in [6.07, 6.45) is 4.17. The van der Waals surface area contributed by atoms with E-state index in [1.165, 1.54) is 0 Å². The normalized spacial score (nSPS) is 24.7. The van der Waals surface area contributed by atoms with Gasteiger partial charge in [-0.2, -0.15) is 0 Å². The molecule has 0 amide bonds. The van der Waals surface area contributed by atoms with Gasteiger partial charge in [-0.3, -0.25) is 0 Å². The molecule has 1 aliphatic heterocycles. The number of fused-ring (bicyclic) bond motifs is 1. The van der Waals surface area contributed by atoms with Crippen LogP contribution in [-0.4, -0.2) is 29.2 Å². The Hall–Kier alpha value is -1.79. The number of sulfonamides is 1. The molecule has 0 bridgehead atoms. The maximum atomic E-state index is 13.4. The van der Waals surface area contributed by atoms with Gasteiger partial charge >= 0.3 is 0 Å². The molecule has 4 nitrogen and oxygen atoms in total. The van der Waals surface area contributed by atoms with Gasteiger partial charge in [-0.25, -0.2) is 17.7 Å². The highest BCUT2D eigenvalue weighted by Crippen LogP contribution is 2.44. The highest BCUT2D eigenvalue weighted by atomic mass is 32.2. The zero-order valence-electron chi connectivity index (χ0n) is 14.7. The van der Waals surface area contributed by atoms with Crippen LogP contribution in [-0.2, 0) is 10.0 Å². The highest BCUT2D eigenvalue weighted by molar-refractivity contribution is 8.16. The molecule has 26 heavy (non-hydrogen) atoms. The first-order chi connectivity index (χ1) is 12.6. The second-order valence-electron chi connectivity index (χ2n) is 6.85. The zero-order chi connectivity index (χ0) is 18.1. The lowest BCUT2D eigenvalue weighted by molar-refractivity contribution is 0.348. The van der Waals surface area contributed by atoms with E-state index < -0.39 is 10.0 Å². The van der Waals surface area contributed by atoms with Crippen molar-refractivity contribution in [2.75, 3.05) is 0 Å². The third kappa shape index (κ3) is 3.28. The number of rotatable bonds is 3. The highest BCUT2D eigenvalue weighted by Gasteiger charge is 2.46. The molecule has 136 valence electrons. The van der Waals surface area contributed by atoms with Gasteiger partial charge in [0.2, 0.25) is 0 Å². The number of benzene rings is 2. The summed E-state index contributed by atoms with van der Waals surface area (Å²) < 4.78 is 28.5. The van der Waals surface area contributed by atoms with E-state index >= 15 is 0 Å². The zero-order valence-corrected chi connectivity index (χ0v) is 16.3. The van der Waals surface area contributed by atoms with Crippen LogP contribution in [0.5, 0.6) is 0 Å². The Bertz CT molecular complexity index is 909. The van der Waals surface area contributed by atoms with Gasteiger partial charge in [0.15, 0.2) is 5.17 Å². The number of aliphatic imine (C=N–C) groups is 1. The summed E-state index contributed by atoms with van der Waals surface area (Å²) in [5.74, 6) is 0. The van der Waals surface area contributed by atoms with Crippen molar-refractivity contribution < 1.29 is 8.42 Å². The van der Waals surface area contributed by atoms with Crippen molar-refractivity contribution in [3.05, 3.63) is 60.2 Å². The van der Waals surface area contributed by atoms with Crippen LogP contribution in [0.3, 0.4) is 0 Å². The van der Waals surface area contributed by atoms with E-state index in [9.17, 15) is 8.42 Å². The predicted molar refractivity (Wildman–Crippen MR) is 107 cm³/mol. The number of hydrogen-bond acceptors (Lipinski definition) is 4. The summed E-state index contributed by atoms with van der Waals surface area (Å²) in [7, 11) is -3.61. The van der Waals surface area contributed by atoms with Gasteiger partial charge in [0.05, 0.1) is 16.6 Å². The topological polar surface area (TPSA) is 49.7 Å². The van der Waals surface area contributed by atoms with Crippen LogP contribution < -0.4 is 0 Å². The van der Waals surface area contributed by atoms with E-state index in [-0.39, 0.29) is 6.04 Å². The minimum atomic E-state index is -3.61. The Morgan fingerprint density at radius 1 is 1.00 bits per heavy atom. The van der Waals surface area contributed by atoms with Gasteiger partial charge < -0.3 is 0 Å². The van der Waals surface area contributed by atoms with Crippen LogP contribution in [0.2, 0.25) is 0 Å². The summed E-state index contributed by atoms with van der Waals surface area (Å²) in [4.78, 5) is 5.04. The minimum Gasteiger partial charge on any atom is -0.240 e. The number of hydrogen-bond donors (Lipinski definition) is 0. The average Bonchev–Trinajstić information content (AvgIpc) is 3.01. The number of nitrogens with zero attached hydrogens (tertiary/aromatic N) is 2. The van der Waals surface area contributed by atoms with Crippen LogP contribution in [0.4, 0.5) is 5.69 Å². The molecule has 6 heteroatoms. The van der Waals surface area contributed by atoms with Crippen molar-refractivity contribution in [2.24, 2.45) is 4.99 Å². The molecule has 2 atom stereocenters. The van der Waals surface area contributed by atoms with E-state index in [2.05, 4.69) is 0 Å². The van der Waals surface area contributed by atoms with Crippen LogP contribution in [0.25, 0.3) is 0 Å². The van der Waals surface area contributed by atoms with Crippen molar-refractivity contribution in [1.29, 1.82) is 0 Å². The SMILES string of the molecule is Cc1ccc(S(=O)(=O)N2C(=Nc3ccccc3)S[C@H]3CCCC[C@H]32)cc1. The molecule has 2 aliphatic rings. The Kier molecular flexibility index (Phi) is 4.80. The first-order valence-electron chi connectivity index (χ1n) is 8.97. The van der Waals surface area contributed by atoms with Gasteiger partial charge in [-0.1, -0.05) is 60.5 Å². The Morgan fingerprint density at radius 3 is 2.42 bits per heavy atom. The molecule has 0 N–H and O–H groups in total. The van der Waals surface area contributed by atoms with E-state index in [0.29, 0.717) is 15.3 Å². The fourth-order valence-corrected chi connectivity index (χ4v) is 7.04. The van der Waals surface area contributed by atoms with Crippen LogP contribution in [0.1, 0.15) is 31.2 Å². The standard InChI is InChI=1S/C20H22N2O2S2/c1-15-11-13-17(14-12-15)26(23,24)22-18-9-5-6-10-19(18)25-20(22)21-16-7-3-2-4-8-16/h2-4,7-8,11-14,18-19H,5-6,9-10H2,1H3/t18-,19+/m1/s1. The van der Waals surface area contributed by atoms with Crippen molar-refractivity contribution in [3.8, 4) is 0 Å². The molecule has 1 heterocycles. The van der Waals surface area contributed by atoms with Crippen molar-refractivity contribution in [1.82, 2.24) is 4.31 Å². The van der Waals surface area contributed by atoms with Gasteiger partial charge in [0.1, 0.15) is 0 Å². The van der Waals surface area contributed by atoms with E-state index in [1.807, 2.05) is 49.4 Å². The monoisotopic (exact) mass is 386 g/mol. The maximum Gasteiger partial charge on any atom is 0.266 e. The van der Waals surface area contributed by atoms with Crippen LogP contribution >= 0.6 is 11.8 Å². The number of thioether (sulfide) groups is 1. The molecule has 4 rings (SSSR count). The minimum absolute atomic E-state index is 0.00233. The molecule has 2 fully saturated rings. The smallest absolute Gasteiger partial charge is 0.240 e. The van der Waals surface area contributed by atoms with Crippen molar-refractivity contribution in [2.45, 2.75) is 48.8 Å². The van der Waals surface area contributed by atoms with E-state index in [4.69, 9.17) is 4.99 Å². The summed E-state index contributed by atoms with van der Waals surface area (Å²) in [5, 5.41) is 0.903. The lowest BCUT2D eigenvalue weighted by Crippen LogP contribution is -2.42. The molecule has 1 saturated heterocycles. The molecular formula is C20H22N2O2S2. The molecule has 2 aromatic rings. The fourth-order valence-electron chi connectivity index (χ4n) is 3.61. The Balaban J connectivity index is 1.78. The summed E-state index contributed by atoms with van der Waals surface area (Å²) in [5.41, 5.74) is 1.84. The van der Waals surface area contributed by atoms with Gasteiger partial charge in [0.25, 0.3) is 10.0 Å². The predicted octanol–water partition coefficient (Wildman–Crippen LogP) is 4.73. The van der Waals surface area contributed by atoms with E-state index in [0.717, 1.165) is 36.9 Å². The number of para-hydroxylation sites is 1. The molecule has 1 aliphatic carbocycles. The number of amidine groups is 1. The quantitative estimate of drug-likeness (QED) is 0.766. The third-order valence-corrected chi connectivity index (χ3v) is 8.27. The first-order valence-corrected chi connectivity index (χ1v) is 11.3.